The third kappa shape index (κ3) is 8.15. The number of azide groups is 1. The molecule has 0 unspecified atom stereocenters. The summed E-state index contributed by atoms with van der Waals surface area (Å²) in [5, 5.41) is 17.6. The van der Waals surface area contributed by atoms with E-state index in [1.165, 1.54) is 0 Å². The Bertz CT molecular complexity index is 1140. The first-order valence-electron chi connectivity index (χ1n) is 13.6. The molecule has 0 aliphatic heterocycles. The first kappa shape index (κ1) is 30.3. The minimum atomic E-state index is -2.81. The molecule has 6 nitrogen and oxygen atoms in total. The normalized spacial score (nSPS) is 14.2. The molecular weight excluding hydrogens is 502 g/mol. The molecule has 3 aromatic carbocycles. The largest absolute Gasteiger partial charge is 0.405 e. The molecule has 3 aromatic rings. The molecule has 0 heterocycles. The highest BCUT2D eigenvalue weighted by molar-refractivity contribution is 6.99. The number of ether oxygens (including phenoxy) is 1. The van der Waals surface area contributed by atoms with Gasteiger partial charge < -0.3 is 14.3 Å². The summed E-state index contributed by atoms with van der Waals surface area (Å²) in [5.74, 6) is 0. The molecule has 0 saturated carbocycles. The van der Waals surface area contributed by atoms with Crippen LogP contribution in [-0.2, 0) is 15.8 Å². The summed E-state index contributed by atoms with van der Waals surface area (Å²) < 4.78 is 13.3. The molecule has 7 heteroatoms. The summed E-state index contributed by atoms with van der Waals surface area (Å²) in [7, 11) is -2.81. The van der Waals surface area contributed by atoms with Gasteiger partial charge in [0.15, 0.2) is 0 Å². The lowest BCUT2D eigenvalue weighted by Gasteiger charge is -2.43. The number of aliphatic hydroxyl groups excluding tert-OH is 1. The van der Waals surface area contributed by atoms with E-state index in [0.717, 1.165) is 15.9 Å². The average Bonchev–Trinajstić information content (AvgIpc) is 2.94. The van der Waals surface area contributed by atoms with E-state index in [0.29, 0.717) is 25.9 Å². The number of rotatable bonds is 15. The molecule has 206 valence electrons. The van der Waals surface area contributed by atoms with E-state index in [9.17, 15) is 5.11 Å². The topological polar surface area (TPSA) is 87.5 Å². The maximum absolute atomic E-state index is 11.5. The van der Waals surface area contributed by atoms with Gasteiger partial charge in [0.25, 0.3) is 8.32 Å². The molecule has 3 rings (SSSR count). The molecule has 0 aromatic heterocycles. The van der Waals surface area contributed by atoms with Gasteiger partial charge >= 0.3 is 0 Å². The van der Waals surface area contributed by atoms with Crippen LogP contribution in [0.3, 0.4) is 0 Å². The second kappa shape index (κ2) is 14.8. The minimum absolute atomic E-state index is 0.125. The Morgan fingerprint density at radius 3 is 1.95 bits per heavy atom. The van der Waals surface area contributed by atoms with Crippen LogP contribution in [0.2, 0.25) is 5.04 Å². The van der Waals surface area contributed by atoms with E-state index < -0.39 is 20.5 Å². The third-order valence-corrected chi connectivity index (χ3v) is 12.1. The predicted molar refractivity (Wildman–Crippen MR) is 162 cm³/mol. The van der Waals surface area contributed by atoms with Crippen LogP contribution in [0, 0.1) is 0 Å². The summed E-state index contributed by atoms with van der Waals surface area (Å²) in [6.45, 7) is 10.9. The summed E-state index contributed by atoms with van der Waals surface area (Å²) in [6.07, 6.45) is 2.06. The SMILES string of the molecule is C=CC[C@H](CC[C@@H](OCc1ccccc1)[C@H](O)CO[Si](c1ccccc1)(c1ccccc1)C(C)(C)C)N=[N+]=[N-]. The molecule has 1 N–H and O–H groups in total. The maximum atomic E-state index is 11.5. The van der Waals surface area contributed by atoms with Gasteiger partial charge in [-0.2, -0.15) is 0 Å². The lowest BCUT2D eigenvalue weighted by molar-refractivity contribution is -0.0670. The van der Waals surface area contributed by atoms with Gasteiger partial charge in [0.2, 0.25) is 0 Å². The Kier molecular flexibility index (Phi) is 11.5. The summed E-state index contributed by atoms with van der Waals surface area (Å²) >= 11 is 0. The zero-order valence-electron chi connectivity index (χ0n) is 23.3. The minimum Gasteiger partial charge on any atom is -0.405 e. The van der Waals surface area contributed by atoms with Crippen molar-refractivity contribution in [1.82, 2.24) is 0 Å². The van der Waals surface area contributed by atoms with Crippen molar-refractivity contribution in [3.8, 4) is 0 Å². The number of nitrogens with zero attached hydrogens (tertiary/aromatic N) is 3. The zero-order valence-corrected chi connectivity index (χ0v) is 24.3. The van der Waals surface area contributed by atoms with Crippen LogP contribution >= 0.6 is 0 Å². The maximum Gasteiger partial charge on any atom is 0.261 e. The fourth-order valence-electron chi connectivity index (χ4n) is 5.09. The molecule has 3 atom stereocenters. The van der Waals surface area contributed by atoms with Gasteiger partial charge in [-0.05, 0) is 45.8 Å². The van der Waals surface area contributed by atoms with Gasteiger partial charge in [-0.1, -0.05) is 123 Å². The molecule has 0 amide bonds. The molecule has 0 bridgehead atoms. The van der Waals surface area contributed by atoms with Crippen LogP contribution < -0.4 is 10.4 Å². The van der Waals surface area contributed by atoms with E-state index in [1.807, 2.05) is 66.7 Å². The van der Waals surface area contributed by atoms with Crippen molar-refractivity contribution in [3.63, 3.8) is 0 Å². The molecule has 0 aliphatic rings. The molecule has 0 aliphatic carbocycles. The zero-order chi connectivity index (χ0) is 28.1. The smallest absolute Gasteiger partial charge is 0.261 e. The van der Waals surface area contributed by atoms with Gasteiger partial charge in [0.1, 0.15) is 6.10 Å². The first-order chi connectivity index (χ1) is 18.8. The predicted octanol–water partition coefficient (Wildman–Crippen LogP) is 6.54. The lowest BCUT2D eigenvalue weighted by Crippen LogP contribution is -2.67. The number of hydrogen-bond acceptors (Lipinski definition) is 4. The molecule has 0 spiro atoms. The Balaban J connectivity index is 1.88. The van der Waals surface area contributed by atoms with Crippen molar-refractivity contribution in [3.05, 3.63) is 120 Å². The monoisotopic (exact) mass is 543 g/mol. The fraction of sp³-hybridized carbons (Fsp3) is 0.375. The van der Waals surface area contributed by atoms with Crippen molar-refractivity contribution >= 4 is 18.7 Å². The van der Waals surface area contributed by atoms with Gasteiger partial charge in [-0.25, -0.2) is 0 Å². The molecule has 0 saturated heterocycles. The van der Waals surface area contributed by atoms with Crippen LogP contribution in [0.25, 0.3) is 10.4 Å². The van der Waals surface area contributed by atoms with Crippen molar-refractivity contribution in [2.45, 2.75) is 69.9 Å². The van der Waals surface area contributed by atoms with Crippen LogP contribution in [-0.4, -0.2) is 38.3 Å². The fourth-order valence-corrected chi connectivity index (χ4v) is 9.66. The van der Waals surface area contributed by atoms with Gasteiger partial charge in [-0.15, -0.1) is 6.58 Å². The third-order valence-electron chi connectivity index (χ3n) is 7.06. The lowest BCUT2D eigenvalue weighted by atomic mass is 10.0. The molecule has 0 radical (unpaired) electrons. The second-order valence-corrected chi connectivity index (χ2v) is 15.1. The summed E-state index contributed by atoms with van der Waals surface area (Å²) in [6, 6.07) is 30.5. The molecule has 39 heavy (non-hydrogen) atoms. The van der Waals surface area contributed by atoms with Crippen molar-refractivity contribution in [1.29, 1.82) is 0 Å². The van der Waals surface area contributed by atoms with Crippen LogP contribution in [0.15, 0.2) is 109 Å². The van der Waals surface area contributed by atoms with E-state index in [2.05, 4.69) is 61.6 Å². The molecular formula is C32H41N3O3Si. The highest BCUT2D eigenvalue weighted by Gasteiger charge is 2.50. The second-order valence-electron chi connectivity index (χ2n) is 10.8. The Labute approximate surface area is 234 Å². The Hall–Kier alpha value is -3.19. The number of aliphatic hydroxyl groups is 1. The number of hydrogen-bond donors (Lipinski definition) is 1. The molecule has 0 fully saturated rings. The van der Waals surface area contributed by atoms with E-state index in [-0.39, 0.29) is 17.7 Å². The number of benzene rings is 3. The van der Waals surface area contributed by atoms with Crippen LogP contribution in [0.1, 0.15) is 45.6 Å². The Morgan fingerprint density at radius 2 is 1.46 bits per heavy atom. The quantitative estimate of drug-likeness (QED) is 0.0776. The van der Waals surface area contributed by atoms with Crippen molar-refractivity contribution < 1.29 is 14.3 Å². The van der Waals surface area contributed by atoms with E-state index >= 15 is 0 Å². The summed E-state index contributed by atoms with van der Waals surface area (Å²) in [5.41, 5.74) is 10.0. The van der Waals surface area contributed by atoms with Gasteiger partial charge in [0.05, 0.1) is 19.3 Å². The van der Waals surface area contributed by atoms with Gasteiger partial charge in [0, 0.05) is 11.0 Å². The average molecular weight is 544 g/mol. The van der Waals surface area contributed by atoms with Crippen LogP contribution in [0.4, 0.5) is 0 Å². The summed E-state index contributed by atoms with van der Waals surface area (Å²) in [4.78, 5) is 2.99. The van der Waals surface area contributed by atoms with Gasteiger partial charge in [-0.3, -0.25) is 0 Å². The standard InChI is InChI=1S/C32H41N3O3Si/c1-5-15-27(34-35-33)22-23-31(37-24-26-16-9-6-10-17-26)30(36)25-38-39(32(2,3)4,28-18-11-7-12-19-28)29-20-13-8-14-21-29/h5-14,16-21,27,30-31,36H,1,15,22-25H2,2-4H3/t27-,30-,31-/m1/s1. The Morgan fingerprint density at radius 1 is 0.923 bits per heavy atom. The van der Waals surface area contributed by atoms with Crippen molar-refractivity contribution in [2.24, 2.45) is 5.11 Å². The van der Waals surface area contributed by atoms with E-state index in [1.54, 1.807) is 6.08 Å². The van der Waals surface area contributed by atoms with Crippen LogP contribution in [0.5, 0.6) is 0 Å². The van der Waals surface area contributed by atoms with Crippen molar-refractivity contribution in [2.75, 3.05) is 6.61 Å². The highest BCUT2D eigenvalue weighted by atomic mass is 28.4. The highest BCUT2D eigenvalue weighted by Crippen LogP contribution is 2.37. The van der Waals surface area contributed by atoms with E-state index in [4.69, 9.17) is 14.7 Å². The first-order valence-corrected chi connectivity index (χ1v) is 15.5.